The first-order chi connectivity index (χ1) is 16.3. The Kier molecular flexibility index (Phi) is 7.00. The minimum atomic E-state index is -4.57. The normalized spacial score (nSPS) is 14.2. The smallest absolute Gasteiger partial charge is 0.373 e. The number of nitrogens with zero attached hydrogens (tertiary/aromatic N) is 5. The molecule has 4 rings (SSSR count). The molecular weight excluding hydrogens is 443 g/mol. The van der Waals surface area contributed by atoms with Gasteiger partial charge in [0.05, 0.1) is 23.0 Å². The highest BCUT2D eigenvalue weighted by Gasteiger charge is 2.36. The summed E-state index contributed by atoms with van der Waals surface area (Å²) in [5, 5.41) is 8.37. The van der Waals surface area contributed by atoms with E-state index >= 15 is 0 Å². The summed E-state index contributed by atoms with van der Waals surface area (Å²) >= 11 is 0. The minimum Gasteiger partial charge on any atom is -0.373 e. The number of alkyl halides is 3. The molecule has 0 radical (unpaired) electrons. The maximum Gasteiger partial charge on any atom is 0.417 e. The van der Waals surface area contributed by atoms with E-state index in [0.29, 0.717) is 32.0 Å². The van der Waals surface area contributed by atoms with Crippen molar-refractivity contribution in [2.75, 3.05) is 49.6 Å². The van der Waals surface area contributed by atoms with E-state index in [4.69, 9.17) is 0 Å². The third-order valence-corrected chi connectivity index (χ3v) is 6.00. The lowest BCUT2D eigenvalue weighted by Gasteiger charge is -2.35. The van der Waals surface area contributed by atoms with Crippen LogP contribution in [0, 0.1) is 0 Å². The second kappa shape index (κ2) is 10.1. The molecular formula is C25H26F3N5O. The zero-order valence-corrected chi connectivity index (χ0v) is 18.9. The van der Waals surface area contributed by atoms with Gasteiger partial charge in [-0.3, -0.25) is 4.79 Å². The number of likely N-dealkylation sites (N-methyl/N-ethyl adjacent to an activating group) is 1. The standard InChI is InChI=1S/C25H26F3N5O/c1-31(12-11-19-7-3-2-4-8-19)20-17-23(30-29-18-20)32-13-15-33(16-14-32)24(34)21-9-5-6-10-22(21)25(26,27)28/h2-10,17-18H,11-16H2,1H3. The van der Waals surface area contributed by atoms with E-state index < -0.39 is 17.6 Å². The summed E-state index contributed by atoms with van der Waals surface area (Å²) in [4.78, 5) is 18.4. The van der Waals surface area contributed by atoms with Gasteiger partial charge in [-0.25, -0.2) is 0 Å². The van der Waals surface area contributed by atoms with E-state index in [0.717, 1.165) is 24.7 Å². The Morgan fingerprint density at radius 1 is 1.00 bits per heavy atom. The van der Waals surface area contributed by atoms with Crippen LogP contribution in [-0.2, 0) is 12.6 Å². The molecule has 1 aliphatic heterocycles. The number of carbonyl (C=O) groups excluding carboxylic acids is 1. The van der Waals surface area contributed by atoms with Gasteiger partial charge in [-0.15, -0.1) is 5.10 Å². The maximum atomic E-state index is 13.3. The van der Waals surface area contributed by atoms with Crippen LogP contribution in [0.2, 0.25) is 0 Å². The Labute approximate surface area is 196 Å². The molecule has 3 aromatic rings. The summed E-state index contributed by atoms with van der Waals surface area (Å²) in [6.07, 6.45) is -1.96. The topological polar surface area (TPSA) is 52.6 Å². The number of benzene rings is 2. The van der Waals surface area contributed by atoms with Crippen molar-refractivity contribution in [3.63, 3.8) is 0 Å². The number of amides is 1. The Morgan fingerprint density at radius 3 is 2.38 bits per heavy atom. The molecule has 34 heavy (non-hydrogen) atoms. The number of halogens is 3. The van der Waals surface area contributed by atoms with Gasteiger partial charge in [0.25, 0.3) is 5.91 Å². The Morgan fingerprint density at radius 2 is 1.68 bits per heavy atom. The van der Waals surface area contributed by atoms with E-state index in [2.05, 4.69) is 27.2 Å². The minimum absolute atomic E-state index is 0.306. The van der Waals surface area contributed by atoms with Gasteiger partial charge in [0.2, 0.25) is 0 Å². The molecule has 6 nitrogen and oxygen atoms in total. The van der Waals surface area contributed by atoms with E-state index in [1.165, 1.54) is 28.7 Å². The molecule has 178 valence electrons. The Hall–Kier alpha value is -3.62. The van der Waals surface area contributed by atoms with Crippen molar-refractivity contribution in [2.45, 2.75) is 12.6 Å². The van der Waals surface area contributed by atoms with Crippen molar-refractivity contribution < 1.29 is 18.0 Å². The molecule has 1 aliphatic rings. The number of carbonyl (C=O) groups is 1. The largest absolute Gasteiger partial charge is 0.417 e. The van der Waals surface area contributed by atoms with Crippen molar-refractivity contribution >= 4 is 17.4 Å². The molecule has 2 heterocycles. The first-order valence-electron chi connectivity index (χ1n) is 11.1. The zero-order chi connectivity index (χ0) is 24.1. The second-order valence-corrected chi connectivity index (χ2v) is 8.25. The Balaban J connectivity index is 1.38. The average Bonchev–Trinajstić information content (AvgIpc) is 2.87. The summed E-state index contributed by atoms with van der Waals surface area (Å²) in [5.74, 6) is 0.0832. The molecule has 0 spiro atoms. The van der Waals surface area contributed by atoms with Gasteiger partial charge in [0.15, 0.2) is 5.82 Å². The highest BCUT2D eigenvalue weighted by molar-refractivity contribution is 5.96. The van der Waals surface area contributed by atoms with E-state index in [1.54, 1.807) is 6.20 Å². The highest BCUT2D eigenvalue weighted by atomic mass is 19.4. The van der Waals surface area contributed by atoms with Crippen molar-refractivity contribution in [1.29, 1.82) is 0 Å². The average molecular weight is 470 g/mol. The van der Waals surface area contributed by atoms with Crippen LogP contribution in [0.15, 0.2) is 66.9 Å². The van der Waals surface area contributed by atoms with Gasteiger partial charge in [-0.1, -0.05) is 42.5 Å². The number of piperazine rings is 1. The van der Waals surface area contributed by atoms with Crippen LogP contribution in [0.1, 0.15) is 21.5 Å². The van der Waals surface area contributed by atoms with Crippen molar-refractivity contribution in [3.8, 4) is 0 Å². The summed E-state index contributed by atoms with van der Waals surface area (Å²) in [7, 11) is 2.00. The molecule has 0 unspecified atom stereocenters. The van der Waals surface area contributed by atoms with Gasteiger partial charge < -0.3 is 14.7 Å². The Bertz CT molecular complexity index is 1110. The molecule has 0 N–H and O–H groups in total. The third kappa shape index (κ3) is 5.47. The third-order valence-electron chi connectivity index (χ3n) is 6.00. The van der Waals surface area contributed by atoms with E-state index in [1.807, 2.05) is 36.2 Å². The molecule has 0 bridgehead atoms. The fraction of sp³-hybridized carbons (Fsp3) is 0.320. The van der Waals surface area contributed by atoms with Crippen LogP contribution in [0.25, 0.3) is 0 Å². The van der Waals surface area contributed by atoms with Crippen LogP contribution >= 0.6 is 0 Å². The lowest BCUT2D eigenvalue weighted by atomic mass is 10.1. The molecule has 9 heteroatoms. The SMILES string of the molecule is CN(CCc1ccccc1)c1cnnc(N2CCN(C(=O)c3ccccc3C(F)(F)F)CC2)c1. The second-order valence-electron chi connectivity index (χ2n) is 8.25. The fourth-order valence-corrected chi connectivity index (χ4v) is 4.01. The van der Waals surface area contributed by atoms with Crippen LogP contribution in [-0.4, -0.2) is 60.8 Å². The molecule has 2 aromatic carbocycles. The van der Waals surface area contributed by atoms with Crippen LogP contribution in [0.4, 0.5) is 24.7 Å². The van der Waals surface area contributed by atoms with Crippen molar-refractivity contribution in [2.24, 2.45) is 0 Å². The van der Waals surface area contributed by atoms with Crippen LogP contribution in [0.3, 0.4) is 0 Å². The molecule has 0 saturated carbocycles. The monoisotopic (exact) mass is 469 g/mol. The van der Waals surface area contributed by atoms with Gasteiger partial charge in [0, 0.05) is 45.8 Å². The maximum absolute atomic E-state index is 13.3. The predicted molar refractivity (Wildman–Crippen MR) is 125 cm³/mol. The van der Waals surface area contributed by atoms with Crippen LogP contribution in [0.5, 0.6) is 0 Å². The molecule has 1 saturated heterocycles. The number of aromatic nitrogens is 2. The first-order valence-corrected chi connectivity index (χ1v) is 11.1. The molecule has 1 aromatic heterocycles. The highest BCUT2D eigenvalue weighted by Crippen LogP contribution is 2.32. The number of hydrogen-bond donors (Lipinski definition) is 0. The van der Waals surface area contributed by atoms with Gasteiger partial charge in [-0.2, -0.15) is 18.3 Å². The molecule has 1 amide bonds. The zero-order valence-electron chi connectivity index (χ0n) is 18.9. The van der Waals surface area contributed by atoms with Crippen molar-refractivity contribution in [1.82, 2.24) is 15.1 Å². The number of hydrogen-bond acceptors (Lipinski definition) is 5. The predicted octanol–water partition coefficient (Wildman–Crippen LogP) is 4.14. The lowest BCUT2D eigenvalue weighted by Crippen LogP contribution is -2.49. The van der Waals surface area contributed by atoms with E-state index in [-0.39, 0.29) is 5.56 Å². The van der Waals surface area contributed by atoms with E-state index in [9.17, 15) is 18.0 Å². The number of anilines is 2. The van der Waals surface area contributed by atoms with Gasteiger partial charge in [0.1, 0.15) is 0 Å². The summed E-state index contributed by atoms with van der Waals surface area (Å²) < 4.78 is 39.9. The quantitative estimate of drug-likeness (QED) is 0.543. The molecule has 1 fully saturated rings. The summed E-state index contributed by atoms with van der Waals surface area (Å²) in [6, 6.07) is 17.1. The number of rotatable bonds is 6. The van der Waals surface area contributed by atoms with Crippen molar-refractivity contribution in [3.05, 3.63) is 83.6 Å². The van der Waals surface area contributed by atoms with Gasteiger partial charge in [-0.05, 0) is 24.1 Å². The molecule has 0 atom stereocenters. The van der Waals surface area contributed by atoms with Gasteiger partial charge >= 0.3 is 6.18 Å². The summed E-state index contributed by atoms with van der Waals surface area (Å²) in [6.45, 7) is 2.36. The molecule has 0 aliphatic carbocycles. The lowest BCUT2D eigenvalue weighted by molar-refractivity contribution is -0.138. The first kappa shape index (κ1) is 23.5. The summed E-state index contributed by atoms with van der Waals surface area (Å²) in [5.41, 5.74) is 0.966. The van der Waals surface area contributed by atoms with Crippen LogP contribution < -0.4 is 9.80 Å². The fourth-order valence-electron chi connectivity index (χ4n) is 4.01.